The van der Waals surface area contributed by atoms with Crippen LogP contribution in [0.2, 0.25) is 0 Å². The van der Waals surface area contributed by atoms with Gasteiger partial charge in [-0.25, -0.2) is 0 Å². The number of nitrogens with zero attached hydrogens (tertiary/aromatic N) is 1. The van der Waals surface area contributed by atoms with E-state index in [9.17, 15) is 8.42 Å². The summed E-state index contributed by atoms with van der Waals surface area (Å²) in [6, 6.07) is 7.15. The van der Waals surface area contributed by atoms with Crippen molar-refractivity contribution in [1.82, 2.24) is 2.71 Å². The second kappa shape index (κ2) is 3.49. The van der Waals surface area contributed by atoms with Gasteiger partial charge in [-0.15, -0.1) is 0 Å². The summed E-state index contributed by atoms with van der Waals surface area (Å²) in [6.45, 7) is 3.81. The predicted octanol–water partition coefficient (Wildman–Crippen LogP) is 1.90. The maximum absolute atomic E-state index is 12.1. The van der Waals surface area contributed by atoms with E-state index in [1.807, 2.05) is 26.0 Å². The third-order valence-electron chi connectivity index (χ3n) is 2.63. The van der Waals surface area contributed by atoms with Gasteiger partial charge in [0.2, 0.25) is 0 Å². The average molecular weight is 389 g/mol. The average Bonchev–Trinajstić information content (AvgIpc) is 2.24. The van der Waals surface area contributed by atoms with Crippen LogP contribution in [0, 0.1) is 0 Å². The van der Waals surface area contributed by atoms with Crippen LogP contribution in [0.5, 0.6) is 0 Å². The van der Waals surface area contributed by atoms with E-state index in [0.717, 1.165) is 16.8 Å². The molecule has 0 fully saturated rings. The molecular weight excluding hydrogens is 379 g/mol. The van der Waals surface area contributed by atoms with Crippen molar-refractivity contribution >= 4 is 15.6 Å². The second-order valence-corrected chi connectivity index (χ2v) is 7.67. The van der Waals surface area contributed by atoms with Crippen molar-refractivity contribution in [3.63, 3.8) is 0 Å². The molecule has 78 valence electrons. The van der Waals surface area contributed by atoms with E-state index in [1.165, 1.54) is 2.71 Å². The van der Waals surface area contributed by atoms with Crippen LogP contribution in [0.15, 0.2) is 34.9 Å². The number of hydrogen-bond acceptors (Lipinski definition) is 2. The van der Waals surface area contributed by atoms with Crippen molar-refractivity contribution < 1.29 is 29.7 Å². The Balaban J connectivity index is 2.86. The van der Waals surface area contributed by atoms with Gasteiger partial charge < -0.3 is 0 Å². The SMILES string of the molecule is CC1=C(C)[N]([Ta])S(=O)(=O)c2ccccc21. The topological polar surface area (TPSA) is 37.4 Å². The fourth-order valence-corrected chi connectivity index (χ4v) is 4.53. The van der Waals surface area contributed by atoms with Gasteiger partial charge in [-0.05, 0) is 0 Å². The molecule has 1 aliphatic rings. The first kappa shape index (κ1) is 11.0. The van der Waals surface area contributed by atoms with E-state index in [-0.39, 0.29) is 0 Å². The number of benzene rings is 1. The van der Waals surface area contributed by atoms with Crippen LogP contribution in [0.4, 0.5) is 0 Å². The van der Waals surface area contributed by atoms with Crippen LogP contribution in [0.1, 0.15) is 19.4 Å². The van der Waals surface area contributed by atoms with Gasteiger partial charge in [-0.1, -0.05) is 0 Å². The number of sulfonamides is 1. The minimum atomic E-state index is -3.28. The zero-order chi connectivity index (χ0) is 11.2. The van der Waals surface area contributed by atoms with Crippen LogP contribution in [-0.2, 0) is 31.4 Å². The van der Waals surface area contributed by atoms with Gasteiger partial charge in [0.25, 0.3) is 0 Å². The Morgan fingerprint density at radius 2 is 1.80 bits per heavy atom. The molecule has 0 spiro atoms. The molecule has 0 radical (unpaired) electrons. The second-order valence-electron chi connectivity index (χ2n) is 3.45. The van der Waals surface area contributed by atoms with Crippen molar-refractivity contribution in [2.45, 2.75) is 18.7 Å². The molecule has 0 saturated heterocycles. The van der Waals surface area contributed by atoms with Gasteiger partial charge in [-0.3, -0.25) is 0 Å². The first-order valence-corrected chi connectivity index (χ1v) is 7.35. The number of rotatable bonds is 0. The quantitative estimate of drug-likeness (QED) is 0.680. The fraction of sp³-hybridized carbons (Fsp3) is 0.200. The standard InChI is InChI=1S/C10H10NO2S.Ta/c1-7-8(2)11-14(12,13)10-6-4-3-5-9(7)10;/h3-6H,1-2H3;/q-1;+1. The molecule has 0 amide bonds. The zero-order valence-electron chi connectivity index (χ0n) is 8.43. The van der Waals surface area contributed by atoms with Gasteiger partial charge in [0.05, 0.1) is 0 Å². The van der Waals surface area contributed by atoms with Gasteiger partial charge >= 0.3 is 102 Å². The van der Waals surface area contributed by atoms with Crippen LogP contribution in [0.25, 0.3) is 5.57 Å². The summed E-state index contributed by atoms with van der Waals surface area (Å²) in [5.74, 6) is 0. The van der Waals surface area contributed by atoms with E-state index in [1.54, 1.807) is 12.1 Å². The van der Waals surface area contributed by atoms with E-state index < -0.39 is 10.0 Å². The van der Waals surface area contributed by atoms with Gasteiger partial charge in [0.15, 0.2) is 0 Å². The predicted molar refractivity (Wildman–Crippen MR) is 53.7 cm³/mol. The van der Waals surface area contributed by atoms with Crippen molar-refractivity contribution in [2.75, 3.05) is 0 Å². The van der Waals surface area contributed by atoms with Crippen LogP contribution in [-0.4, -0.2) is 11.1 Å². The summed E-state index contributed by atoms with van der Waals surface area (Å²) >= 11 is 0.707. The van der Waals surface area contributed by atoms with Crippen molar-refractivity contribution in [3.05, 3.63) is 35.5 Å². The molecule has 1 aromatic carbocycles. The van der Waals surface area contributed by atoms with Gasteiger partial charge in [0.1, 0.15) is 0 Å². The molecule has 15 heavy (non-hydrogen) atoms. The summed E-state index contributed by atoms with van der Waals surface area (Å²) in [7, 11) is -3.28. The summed E-state index contributed by atoms with van der Waals surface area (Å²) in [6.07, 6.45) is 0. The molecule has 0 bridgehead atoms. The Hall–Kier alpha value is -0.550. The van der Waals surface area contributed by atoms with Crippen molar-refractivity contribution in [1.29, 1.82) is 0 Å². The first-order chi connectivity index (χ1) is 6.96. The number of allylic oxidation sites excluding steroid dienone is 2. The molecule has 5 heteroatoms. The van der Waals surface area contributed by atoms with Gasteiger partial charge in [-0.2, -0.15) is 0 Å². The third kappa shape index (κ3) is 1.49. The Labute approximate surface area is 102 Å². The first-order valence-electron chi connectivity index (χ1n) is 4.47. The number of hydrogen-bond donors (Lipinski definition) is 0. The van der Waals surface area contributed by atoms with E-state index in [4.69, 9.17) is 0 Å². The van der Waals surface area contributed by atoms with Crippen LogP contribution in [0.3, 0.4) is 0 Å². The van der Waals surface area contributed by atoms with E-state index in [2.05, 4.69) is 0 Å². The monoisotopic (exact) mass is 389 g/mol. The molecule has 2 rings (SSSR count). The Morgan fingerprint density at radius 1 is 1.20 bits per heavy atom. The summed E-state index contributed by atoms with van der Waals surface area (Å²) in [5.41, 5.74) is 2.71. The molecule has 0 N–H and O–H groups in total. The third-order valence-corrected chi connectivity index (χ3v) is 7.66. The summed E-state index contributed by atoms with van der Waals surface area (Å²) in [4.78, 5) is 0.426. The molecule has 0 aromatic heterocycles. The summed E-state index contributed by atoms with van der Waals surface area (Å²) in [5, 5.41) is 0. The Kier molecular flexibility index (Phi) is 2.55. The van der Waals surface area contributed by atoms with Gasteiger partial charge in [0, 0.05) is 0 Å². The molecule has 0 aliphatic carbocycles. The molecule has 0 saturated carbocycles. The van der Waals surface area contributed by atoms with Crippen molar-refractivity contribution in [2.24, 2.45) is 0 Å². The molecule has 1 aromatic rings. The Morgan fingerprint density at radius 3 is 2.47 bits per heavy atom. The molecular formula is C10H10NO2STa. The van der Waals surface area contributed by atoms with E-state index in [0.29, 0.717) is 26.2 Å². The van der Waals surface area contributed by atoms with Crippen molar-refractivity contribution in [3.8, 4) is 0 Å². The zero-order valence-corrected chi connectivity index (χ0v) is 12.5. The molecule has 0 unspecified atom stereocenters. The maximum atomic E-state index is 12.1. The Bertz CT molecular complexity index is 548. The van der Waals surface area contributed by atoms with Crippen LogP contribution >= 0.6 is 0 Å². The molecule has 0 atom stereocenters. The summed E-state index contributed by atoms with van der Waals surface area (Å²) < 4.78 is 25.6. The molecule has 3 nitrogen and oxygen atoms in total. The minimum absolute atomic E-state index is 0.426. The van der Waals surface area contributed by atoms with E-state index >= 15 is 0 Å². The van der Waals surface area contributed by atoms with Crippen LogP contribution < -0.4 is 0 Å². The fourth-order valence-electron chi connectivity index (χ4n) is 1.61. The number of fused-ring (bicyclic) bond motifs is 1. The molecule has 1 aliphatic heterocycles. The normalized spacial score (nSPS) is 18.9. The molecule has 1 heterocycles.